The number of benzene rings is 10. The van der Waals surface area contributed by atoms with Crippen LogP contribution in [0.1, 0.15) is 0 Å². The fourth-order valence-electron chi connectivity index (χ4n) is 9.07. The minimum absolute atomic E-state index is 0.630. The van der Waals surface area contributed by atoms with E-state index in [4.69, 9.17) is 9.40 Å². The molecule has 2 heterocycles. The topological polar surface area (TPSA) is 34.2 Å². The molecule has 10 aromatic carbocycles. The Kier molecular flexibility index (Phi) is 8.13. The number of fused-ring (bicyclic) bond motifs is 7. The maximum absolute atomic E-state index is 6.24. The van der Waals surface area contributed by atoms with Crippen LogP contribution in [0.4, 0.5) is 17.1 Å². The molecule has 4 heteroatoms. The van der Waals surface area contributed by atoms with Gasteiger partial charge >= 0.3 is 0 Å². The molecule has 0 spiro atoms. The molecule has 0 fully saturated rings. The summed E-state index contributed by atoms with van der Waals surface area (Å²) in [6.07, 6.45) is 0. The number of rotatable bonds is 7. The Morgan fingerprint density at radius 1 is 0.377 bits per heavy atom. The number of anilines is 3. The van der Waals surface area contributed by atoms with E-state index in [1.165, 1.54) is 38.2 Å². The normalized spacial score (nSPS) is 11.6. The number of hydrogen-bond donors (Lipinski definition) is 0. The molecule has 0 aliphatic heterocycles. The molecule has 286 valence electrons. The minimum Gasteiger partial charge on any atom is -0.436 e. The predicted molar refractivity (Wildman–Crippen MR) is 254 cm³/mol. The Hall–Kier alpha value is -8.21. The Morgan fingerprint density at radius 3 is 1.80 bits per heavy atom. The third-order valence-corrected chi connectivity index (χ3v) is 12.0. The van der Waals surface area contributed by atoms with Gasteiger partial charge in [0.05, 0.1) is 11.0 Å². The maximum atomic E-state index is 6.24. The molecule has 0 N–H and O–H groups in total. The monoisotopic (exact) mass is 779 g/mol. The second kappa shape index (κ2) is 14.3. The number of oxazole rings is 1. The van der Waals surface area contributed by atoms with Gasteiger partial charge < -0.3 is 13.9 Å². The maximum Gasteiger partial charge on any atom is 0.227 e. The Labute approximate surface area is 352 Å². The van der Waals surface area contributed by atoms with Crippen molar-refractivity contribution < 1.29 is 4.42 Å². The first-order chi connectivity index (χ1) is 30.2. The fraction of sp³-hybridized carbons (Fsp3) is 0. The van der Waals surface area contributed by atoms with Gasteiger partial charge in [-0.15, -0.1) is 0 Å². The van der Waals surface area contributed by atoms with Crippen molar-refractivity contribution in [1.29, 1.82) is 0 Å². The lowest BCUT2D eigenvalue weighted by atomic mass is 9.97. The summed E-state index contributed by atoms with van der Waals surface area (Å²) in [6, 6.07) is 80.1. The lowest BCUT2D eigenvalue weighted by molar-refractivity contribution is 0.620. The zero-order valence-corrected chi connectivity index (χ0v) is 33.1. The van der Waals surface area contributed by atoms with Crippen LogP contribution in [0, 0.1) is 0 Å². The minimum atomic E-state index is 0.630. The van der Waals surface area contributed by atoms with Gasteiger partial charge in [-0.3, -0.25) is 0 Å². The van der Waals surface area contributed by atoms with Crippen molar-refractivity contribution in [2.24, 2.45) is 0 Å². The summed E-state index contributed by atoms with van der Waals surface area (Å²) < 4.78 is 8.62. The van der Waals surface area contributed by atoms with E-state index >= 15 is 0 Å². The lowest BCUT2D eigenvalue weighted by Crippen LogP contribution is -2.10. The second-order valence-corrected chi connectivity index (χ2v) is 15.6. The highest BCUT2D eigenvalue weighted by Crippen LogP contribution is 2.42. The van der Waals surface area contributed by atoms with Crippen LogP contribution in [-0.4, -0.2) is 9.55 Å². The average molecular weight is 780 g/mol. The van der Waals surface area contributed by atoms with E-state index in [9.17, 15) is 0 Å². The van der Waals surface area contributed by atoms with Crippen LogP contribution in [0.15, 0.2) is 229 Å². The molecule has 12 aromatic rings. The Bertz CT molecular complexity index is 3570. The number of aromatic nitrogens is 2. The van der Waals surface area contributed by atoms with E-state index in [0.29, 0.717) is 5.89 Å². The Balaban J connectivity index is 0.984. The van der Waals surface area contributed by atoms with Crippen molar-refractivity contribution in [3.05, 3.63) is 224 Å². The predicted octanol–water partition coefficient (Wildman–Crippen LogP) is 15.7. The van der Waals surface area contributed by atoms with Crippen molar-refractivity contribution in [2.45, 2.75) is 0 Å². The third-order valence-electron chi connectivity index (χ3n) is 12.0. The zero-order valence-electron chi connectivity index (χ0n) is 33.1. The van der Waals surface area contributed by atoms with Crippen LogP contribution < -0.4 is 4.90 Å². The first kappa shape index (κ1) is 34.8. The van der Waals surface area contributed by atoms with Gasteiger partial charge in [0.1, 0.15) is 5.52 Å². The molecule has 0 atom stereocenters. The van der Waals surface area contributed by atoms with E-state index in [2.05, 4.69) is 198 Å². The molecule has 12 rings (SSSR count). The average Bonchev–Trinajstić information content (AvgIpc) is 3.92. The SMILES string of the molecule is c1ccc(-c2nc3c(ccc4c(-c5ccc(N(c6ccc(-c7ccc8ccccc8c7)cc6)c6ccc7c8ccccc8n(-c8ccccc8)c7c6)cc5)cccc43)o2)cc1. The number of para-hydroxylation sites is 2. The summed E-state index contributed by atoms with van der Waals surface area (Å²) in [5.41, 5.74) is 14.0. The van der Waals surface area contributed by atoms with E-state index < -0.39 is 0 Å². The van der Waals surface area contributed by atoms with Gasteiger partial charge in [-0.2, -0.15) is 0 Å². The van der Waals surface area contributed by atoms with Crippen LogP contribution >= 0.6 is 0 Å². The molecule has 4 nitrogen and oxygen atoms in total. The smallest absolute Gasteiger partial charge is 0.227 e. The highest BCUT2D eigenvalue weighted by Gasteiger charge is 2.19. The molecular weight excluding hydrogens is 743 g/mol. The molecule has 0 unspecified atom stereocenters. The van der Waals surface area contributed by atoms with Crippen LogP contribution in [0.2, 0.25) is 0 Å². The lowest BCUT2D eigenvalue weighted by Gasteiger charge is -2.26. The molecule has 0 amide bonds. The molecule has 0 radical (unpaired) electrons. The summed E-state index contributed by atoms with van der Waals surface area (Å²) in [6.45, 7) is 0. The van der Waals surface area contributed by atoms with Gasteiger partial charge in [-0.25, -0.2) is 4.98 Å². The Morgan fingerprint density at radius 2 is 1.00 bits per heavy atom. The summed E-state index contributed by atoms with van der Waals surface area (Å²) in [7, 11) is 0. The van der Waals surface area contributed by atoms with Gasteiger partial charge in [0, 0.05) is 44.5 Å². The van der Waals surface area contributed by atoms with Gasteiger partial charge in [0.2, 0.25) is 5.89 Å². The summed E-state index contributed by atoms with van der Waals surface area (Å²) in [5, 5.41) is 7.14. The van der Waals surface area contributed by atoms with Crippen LogP contribution in [-0.2, 0) is 0 Å². The molecule has 0 saturated carbocycles. The van der Waals surface area contributed by atoms with Crippen LogP contribution in [0.5, 0.6) is 0 Å². The van der Waals surface area contributed by atoms with E-state index in [1.807, 2.05) is 36.4 Å². The van der Waals surface area contributed by atoms with Crippen molar-refractivity contribution in [3.63, 3.8) is 0 Å². The molecule has 0 aliphatic rings. The molecule has 0 bridgehead atoms. The largest absolute Gasteiger partial charge is 0.436 e. The van der Waals surface area contributed by atoms with Crippen LogP contribution in [0.25, 0.3) is 93.8 Å². The zero-order chi connectivity index (χ0) is 40.3. The first-order valence-electron chi connectivity index (χ1n) is 20.7. The summed E-state index contributed by atoms with van der Waals surface area (Å²) >= 11 is 0. The molecule has 2 aromatic heterocycles. The molecule has 0 aliphatic carbocycles. The first-order valence-corrected chi connectivity index (χ1v) is 20.7. The van der Waals surface area contributed by atoms with E-state index in [0.717, 1.165) is 66.8 Å². The van der Waals surface area contributed by atoms with E-state index in [-0.39, 0.29) is 0 Å². The second-order valence-electron chi connectivity index (χ2n) is 15.6. The van der Waals surface area contributed by atoms with Gasteiger partial charge in [0.15, 0.2) is 5.58 Å². The summed E-state index contributed by atoms with van der Waals surface area (Å²) in [5.74, 6) is 0.630. The molecule has 0 saturated heterocycles. The van der Waals surface area contributed by atoms with Gasteiger partial charge in [-0.1, -0.05) is 140 Å². The van der Waals surface area contributed by atoms with Gasteiger partial charge in [0.25, 0.3) is 0 Å². The van der Waals surface area contributed by atoms with Crippen molar-refractivity contribution in [2.75, 3.05) is 4.90 Å². The van der Waals surface area contributed by atoms with Crippen LogP contribution in [0.3, 0.4) is 0 Å². The highest BCUT2D eigenvalue weighted by atomic mass is 16.3. The third kappa shape index (κ3) is 5.96. The highest BCUT2D eigenvalue weighted by molar-refractivity contribution is 6.11. The van der Waals surface area contributed by atoms with Crippen molar-refractivity contribution in [1.82, 2.24) is 9.55 Å². The van der Waals surface area contributed by atoms with Crippen molar-refractivity contribution in [3.8, 4) is 39.4 Å². The number of hydrogen-bond acceptors (Lipinski definition) is 3. The summed E-state index contributed by atoms with van der Waals surface area (Å²) in [4.78, 5) is 7.34. The fourth-order valence-corrected chi connectivity index (χ4v) is 9.07. The quantitative estimate of drug-likeness (QED) is 0.162. The van der Waals surface area contributed by atoms with Crippen molar-refractivity contribution >= 4 is 71.5 Å². The van der Waals surface area contributed by atoms with E-state index in [1.54, 1.807) is 0 Å². The standard InChI is InChI=1S/C57H37N3O/c1-3-13-41(14-4-1)57-58-56-52-20-11-19-48(49(52)34-35-55(56)61-57)40-26-30-46(31-27-40)59(45-28-24-39(25-29-45)43-23-22-38-12-7-8-15-42(38)36-43)47-32-33-51-50-18-9-10-21-53(50)60(54(51)37-47)44-16-5-2-6-17-44/h1-37H. The molecule has 61 heavy (non-hydrogen) atoms. The number of nitrogens with zero attached hydrogens (tertiary/aromatic N) is 3. The molecular formula is C57H37N3O. The van der Waals surface area contributed by atoms with Gasteiger partial charge in [-0.05, 0) is 123 Å².